The SMILES string of the molecule is CC(C)n1cc(Nc2ncc([N+](=O)[O-])cn2)cn1. The molecule has 2 aromatic rings. The van der Waals surface area contributed by atoms with Crippen LogP contribution < -0.4 is 5.32 Å². The van der Waals surface area contributed by atoms with Crippen LogP contribution in [0.15, 0.2) is 24.8 Å². The van der Waals surface area contributed by atoms with Gasteiger partial charge in [0.25, 0.3) is 0 Å². The molecule has 2 aromatic heterocycles. The summed E-state index contributed by atoms with van der Waals surface area (Å²) in [7, 11) is 0. The van der Waals surface area contributed by atoms with Gasteiger partial charge in [-0.15, -0.1) is 0 Å². The van der Waals surface area contributed by atoms with E-state index in [0.717, 1.165) is 18.1 Å². The zero-order chi connectivity index (χ0) is 13.1. The van der Waals surface area contributed by atoms with Crippen molar-refractivity contribution in [1.82, 2.24) is 19.7 Å². The first kappa shape index (κ1) is 12.0. The third-order valence-corrected chi connectivity index (χ3v) is 2.24. The van der Waals surface area contributed by atoms with Crippen molar-refractivity contribution in [1.29, 1.82) is 0 Å². The summed E-state index contributed by atoms with van der Waals surface area (Å²) in [6, 6.07) is 0.262. The minimum Gasteiger partial charge on any atom is -0.321 e. The number of nitro groups is 1. The molecule has 0 saturated heterocycles. The summed E-state index contributed by atoms with van der Waals surface area (Å²) in [5, 5.41) is 17.5. The monoisotopic (exact) mass is 248 g/mol. The summed E-state index contributed by atoms with van der Waals surface area (Å²) in [5.41, 5.74) is 0.593. The molecule has 0 radical (unpaired) electrons. The van der Waals surface area contributed by atoms with Crippen molar-refractivity contribution in [3.8, 4) is 0 Å². The van der Waals surface area contributed by atoms with Gasteiger partial charge in [0.2, 0.25) is 5.95 Å². The number of rotatable bonds is 4. The maximum Gasteiger partial charge on any atom is 0.305 e. The molecule has 94 valence electrons. The minimum absolute atomic E-state index is 0.140. The second-order valence-electron chi connectivity index (χ2n) is 3.95. The van der Waals surface area contributed by atoms with Crippen molar-refractivity contribution in [3.63, 3.8) is 0 Å². The quantitative estimate of drug-likeness (QED) is 0.655. The average Bonchev–Trinajstić information content (AvgIpc) is 2.78. The van der Waals surface area contributed by atoms with E-state index in [1.165, 1.54) is 0 Å². The zero-order valence-corrected chi connectivity index (χ0v) is 9.94. The van der Waals surface area contributed by atoms with E-state index in [1.54, 1.807) is 10.9 Å². The lowest BCUT2D eigenvalue weighted by Crippen LogP contribution is -2.00. The Balaban J connectivity index is 2.10. The molecule has 2 rings (SSSR count). The molecule has 0 fully saturated rings. The summed E-state index contributed by atoms with van der Waals surface area (Å²) >= 11 is 0. The van der Waals surface area contributed by atoms with Gasteiger partial charge in [-0.2, -0.15) is 5.10 Å². The van der Waals surface area contributed by atoms with Gasteiger partial charge in [-0.1, -0.05) is 0 Å². The molecule has 0 unspecified atom stereocenters. The molecular weight excluding hydrogens is 236 g/mol. The van der Waals surface area contributed by atoms with Crippen molar-refractivity contribution in [2.24, 2.45) is 0 Å². The molecule has 8 heteroatoms. The molecule has 0 aromatic carbocycles. The highest BCUT2D eigenvalue weighted by atomic mass is 16.6. The highest BCUT2D eigenvalue weighted by molar-refractivity contribution is 5.50. The van der Waals surface area contributed by atoms with Crippen molar-refractivity contribution in [2.45, 2.75) is 19.9 Å². The normalized spacial score (nSPS) is 10.6. The summed E-state index contributed by atoms with van der Waals surface area (Å²) in [4.78, 5) is 17.6. The van der Waals surface area contributed by atoms with Crippen LogP contribution in [0.4, 0.5) is 17.3 Å². The van der Waals surface area contributed by atoms with Crippen LogP contribution in [0.25, 0.3) is 0 Å². The van der Waals surface area contributed by atoms with E-state index in [1.807, 2.05) is 20.0 Å². The fourth-order valence-corrected chi connectivity index (χ4v) is 1.29. The Hall–Kier alpha value is -2.51. The maximum absolute atomic E-state index is 10.4. The minimum atomic E-state index is -0.541. The lowest BCUT2D eigenvalue weighted by molar-refractivity contribution is -0.385. The third kappa shape index (κ3) is 2.59. The van der Waals surface area contributed by atoms with E-state index >= 15 is 0 Å². The summed E-state index contributed by atoms with van der Waals surface area (Å²) in [5.74, 6) is 0.295. The van der Waals surface area contributed by atoms with Gasteiger partial charge >= 0.3 is 5.69 Å². The van der Waals surface area contributed by atoms with Crippen LogP contribution in [0.2, 0.25) is 0 Å². The first-order valence-corrected chi connectivity index (χ1v) is 5.34. The first-order valence-electron chi connectivity index (χ1n) is 5.34. The van der Waals surface area contributed by atoms with Gasteiger partial charge in [0, 0.05) is 12.2 Å². The second-order valence-corrected chi connectivity index (χ2v) is 3.95. The van der Waals surface area contributed by atoms with E-state index in [9.17, 15) is 10.1 Å². The molecule has 8 nitrogen and oxygen atoms in total. The van der Waals surface area contributed by atoms with E-state index in [4.69, 9.17) is 0 Å². The highest BCUT2D eigenvalue weighted by Gasteiger charge is 2.07. The van der Waals surface area contributed by atoms with Crippen LogP contribution in [0, 0.1) is 10.1 Å². The number of hydrogen-bond acceptors (Lipinski definition) is 6. The molecule has 2 heterocycles. The molecule has 0 aliphatic rings. The summed E-state index contributed by atoms with van der Waals surface area (Å²) < 4.78 is 1.79. The Morgan fingerprint density at radius 2 is 2.00 bits per heavy atom. The average molecular weight is 248 g/mol. The zero-order valence-electron chi connectivity index (χ0n) is 9.94. The first-order chi connectivity index (χ1) is 8.56. The lowest BCUT2D eigenvalue weighted by Gasteiger charge is -2.03. The molecular formula is C10H12N6O2. The molecule has 0 aliphatic heterocycles. The Morgan fingerprint density at radius 3 is 2.50 bits per heavy atom. The predicted molar refractivity (Wildman–Crippen MR) is 64.6 cm³/mol. The fourth-order valence-electron chi connectivity index (χ4n) is 1.29. The molecule has 0 atom stereocenters. The van der Waals surface area contributed by atoms with Gasteiger partial charge in [0.05, 0.1) is 16.8 Å². The van der Waals surface area contributed by atoms with Gasteiger partial charge in [-0.25, -0.2) is 9.97 Å². The van der Waals surface area contributed by atoms with E-state index < -0.39 is 4.92 Å². The van der Waals surface area contributed by atoms with E-state index in [2.05, 4.69) is 20.4 Å². The van der Waals surface area contributed by atoms with Gasteiger partial charge in [-0.3, -0.25) is 14.8 Å². The van der Waals surface area contributed by atoms with E-state index in [0.29, 0.717) is 5.95 Å². The van der Waals surface area contributed by atoms with Crippen LogP contribution in [0.3, 0.4) is 0 Å². The Bertz CT molecular complexity index is 548. The summed E-state index contributed by atoms with van der Waals surface area (Å²) in [6.45, 7) is 4.03. The van der Waals surface area contributed by atoms with Gasteiger partial charge in [0.1, 0.15) is 12.4 Å². The molecule has 0 amide bonds. The fraction of sp³-hybridized carbons (Fsp3) is 0.300. The topological polar surface area (TPSA) is 98.8 Å². The van der Waals surface area contributed by atoms with E-state index in [-0.39, 0.29) is 11.7 Å². The maximum atomic E-state index is 10.4. The van der Waals surface area contributed by atoms with Gasteiger partial charge in [-0.05, 0) is 13.8 Å². The van der Waals surface area contributed by atoms with Crippen molar-refractivity contribution in [3.05, 3.63) is 34.9 Å². The van der Waals surface area contributed by atoms with Gasteiger partial charge < -0.3 is 5.32 Å². The van der Waals surface area contributed by atoms with Crippen LogP contribution in [0.1, 0.15) is 19.9 Å². The Kier molecular flexibility index (Phi) is 3.18. The van der Waals surface area contributed by atoms with Crippen LogP contribution >= 0.6 is 0 Å². The lowest BCUT2D eigenvalue weighted by atomic mass is 10.4. The standard InChI is InChI=1S/C10H12N6O2/c1-7(2)15-6-8(3-13-15)14-10-11-4-9(5-12-10)16(17)18/h3-7H,1-2H3,(H,11,12,14). The third-order valence-electron chi connectivity index (χ3n) is 2.24. The number of nitrogens with one attached hydrogen (secondary N) is 1. The molecule has 0 bridgehead atoms. The number of aromatic nitrogens is 4. The molecule has 1 N–H and O–H groups in total. The van der Waals surface area contributed by atoms with Gasteiger partial charge in [0.15, 0.2) is 0 Å². The van der Waals surface area contributed by atoms with Crippen LogP contribution in [0.5, 0.6) is 0 Å². The molecule has 18 heavy (non-hydrogen) atoms. The number of hydrogen-bond donors (Lipinski definition) is 1. The second kappa shape index (κ2) is 4.78. The number of anilines is 2. The highest BCUT2D eigenvalue weighted by Crippen LogP contribution is 2.15. The van der Waals surface area contributed by atoms with Crippen molar-refractivity contribution in [2.75, 3.05) is 5.32 Å². The van der Waals surface area contributed by atoms with Crippen LogP contribution in [-0.4, -0.2) is 24.7 Å². The Labute approximate surface area is 103 Å². The predicted octanol–water partition coefficient (Wildman–Crippen LogP) is 1.91. The summed E-state index contributed by atoms with van der Waals surface area (Å²) in [6.07, 6.45) is 5.77. The molecule has 0 spiro atoms. The van der Waals surface area contributed by atoms with Crippen LogP contribution in [-0.2, 0) is 0 Å². The molecule has 0 saturated carbocycles. The number of nitrogens with zero attached hydrogens (tertiary/aromatic N) is 5. The van der Waals surface area contributed by atoms with Crippen molar-refractivity contribution < 1.29 is 4.92 Å². The van der Waals surface area contributed by atoms with Crippen molar-refractivity contribution >= 4 is 17.3 Å². The molecule has 0 aliphatic carbocycles. The largest absolute Gasteiger partial charge is 0.321 e. The Morgan fingerprint density at radius 1 is 1.33 bits per heavy atom. The smallest absolute Gasteiger partial charge is 0.305 e.